The molecule has 0 aliphatic carbocycles. The van der Waals surface area contributed by atoms with E-state index >= 15 is 0 Å². The number of hydrogen-bond acceptors (Lipinski definition) is 5. The third-order valence-corrected chi connectivity index (χ3v) is 5.40. The van der Waals surface area contributed by atoms with Gasteiger partial charge in [-0.25, -0.2) is 9.37 Å². The molecule has 2 aromatic rings. The van der Waals surface area contributed by atoms with Gasteiger partial charge in [-0.05, 0) is 49.2 Å². The summed E-state index contributed by atoms with van der Waals surface area (Å²) in [5.74, 6) is 0.761. The zero-order chi connectivity index (χ0) is 19.3. The van der Waals surface area contributed by atoms with Crippen LogP contribution in [0.5, 0.6) is 0 Å². The first-order valence-corrected chi connectivity index (χ1v) is 9.79. The van der Waals surface area contributed by atoms with Crippen molar-refractivity contribution in [1.29, 1.82) is 0 Å². The molecular weight excluding hydrogens is 359 g/mol. The second-order valence-corrected chi connectivity index (χ2v) is 7.23. The molecule has 148 valence electrons. The zero-order valence-electron chi connectivity index (χ0n) is 15.8. The van der Waals surface area contributed by atoms with Gasteiger partial charge in [-0.1, -0.05) is 0 Å². The number of ether oxygens (including phenoxy) is 1. The van der Waals surface area contributed by atoms with Gasteiger partial charge in [0.1, 0.15) is 11.6 Å². The minimum Gasteiger partial charge on any atom is -0.381 e. The molecule has 2 aliphatic heterocycles. The van der Waals surface area contributed by atoms with Crippen LogP contribution in [0.15, 0.2) is 42.6 Å². The Morgan fingerprint density at radius 1 is 1.00 bits per heavy atom. The minimum atomic E-state index is -0.212. The molecule has 7 heteroatoms. The summed E-state index contributed by atoms with van der Waals surface area (Å²) in [6.07, 6.45) is 3.27. The van der Waals surface area contributed by atoms with Crippen LogP contribution < -0.4 is 15.1 Å². The predicted octanol–water partition coefficient (Wildman–Crippen LogP) is 2.91. The van der Waals surface area contributed by atoms with Crippen molar-refractivity contribution in [2.75, 3.05) is 54.5 Å². The maximum Gasteiger partial charge on any atom is 0.227 e. The SMILES string of the molecule is O=C(Nc1ccc(N2CCN(c3ccc(F)cc3)CC2)nc1)C1CCOCC1. The Bertz CT molecular complexity index is 783. The normalized spacial score (nSPS) is 18.2. The van der Waals surface area contributed by atoms with Crippen LogP contribution >= 0.6 is 0 Å². The maximum atomic E-state index is 13.1. The lowest BCUT2D eigenvalue weighted by Gasteiger charge is -2.36. The number of hydrogen-bond donors (Lipinski definition) is 1. The van der Waals surface area contributed by atoms with Crippen LogP contribution in [0.1, 0.15) is 12.8 Å². The largest absolute Gasteiger partial charge is 0.381 e. The fourth-order valence-corrected chi connectivity index (χ4v) is 3.70. The quantitative estimate of drug-likeness (QED) is 0.878. The molecule has 2 aliphatic rings. The van der Waals surface area contributed by atoms with Gasteiger partial charge in [0.05, 0.1) is 11.9 Å². The van der Waals surface area contributed by atoms with Gasteiger partial charge in [0.2, 0.25) is 5.91 Å². The Labute approximate surface area is 164 Å². The number of aromatic nitrogens is 1. The van der Waals surface area contributed by atoms with Crippen molar-refractivity contribution in [3.05, 3.63) is 48.4 Å². The van der Waals surface area contributed by atoms with Crippen molar-refractivity contribution in [3.63, 3.8) is 0 Å². The van der Waals surface area contributed by atoms with Crippen LogP contribution in [0, 0.1) is 11.7 Å². The average Bonchev–Trinajstić information content (AvgIpc) is 2.76. The fraction of sp³-hybridized carbons (Fsp3) is 0.429. The molecular formula is C21H25FN4O2. The highest BCUT2D eigenvalue weighted by atomic mass is 19.1. The number of pyridine rings is 1. The molecule has 1 N–H and O–H groups in total. The number of anilines is 3. The summed E-state index contributed by atoms with van der Waals surface area (Å²) in [7, 11) is 0. The van der Waals surface area contributed by atoms with Gasteiger partial charge in [0, 0.05) is 51.0 Å². The van der Waals surface area contributed by atoms with Crippen LogP contribution in [0.2, 0.25) is 0 Å². The summed E-state index contributed by atoms with van der Waals surface area (Å²) in [5.41, 5.74) is 1.77. The molecule has 0 atom stereocenters. The van der Waals surface area contributed by atoms with E-state index in [-0.39, 0.29) is 17.6 Å². The first-order valence-electron chi connectivity index (χ1n) is 9.79. The third kappa shape index (κ3) is 4.42. The molecule has 2 saturated heterocycles. The molecule has 0 saturated carbocycles. The average molecular weight is 384 g/mol. The highest BCUT2D eigenvalue weighted by Crippen LogP contribution is 2.22. The molecule has 2 fully saturated rings. The van der Waals surface area contributed by atoms with E-state index in [9.17, 15) is 9.18 Å². The summed E-state index contributed by atoms with van der Waals surface area (Å²) in [4.78, 5) is 21.3. The molecule has 4 rings (SSSR count). The topological polar surface area (TPSA) is 57.7 Å². The number of nitrogens with one attached hydrogen (secondary N) is 1. The van der Waals surface area contributed by atoms with Crippen LogP contribution in [-0.4, -0.2) is 50.3 Å². The summed E-state index contributed by atoms with van der Waals surface area (Å²) >= 11 is 0. The van der Waals surface area contributed by atoms with Crippen molar-refractivity contribution in [2.45, 2.75) is 12.8 Å². The molecule has 1 amide bonds. The Morgan fingerprint density at radius 2 is 1.68 bits per heavy atom. The van der Waals surface area contributed by atoms with E-state index in [0.29, 0.717) is 13.2 Å². The minimum absolute atomic E-state index is 0.0213. The van der Waals surface area contributed by atoms with E-state index in [4.69, 9.17) is 4.74 Å². The van der Waals surface area contributed by atoms with Crippen LogP contribution in [-0.2, 0) is 9.53 Å². The number of amides is 1. The molecule has 6 nitrogen and oxygen atoms in total. The molecule has 1 aromatic heterocycles. The molecule has 28 heavy (non-hydrogen) atoms. The predicted molar refractivity (Wildman–Crippen MR) is 107 cm³/mol. The molecule has 3 heterocycles. The Kier molecular flexibility index (Phi) is 5.71. The van der Waals surface area contributed by atoms with Gasteiger partial charge in [-0.2, -0.15) is 0 Å². The van der Waals surface area contributed by atoms with Gasteiger partial charge in [0.15, 0.2) is 0 Å². The Hall–Kier alpha value is -2.67. The smallest absolute Gasteiger partial charge is 0.227 e. The highest BCUT2D eigenvalue weighted by molar-refractivity contribution is 5.92. The third-order valence-electron chi connectivity index (χ3n) is 5.40. The van der Waals surface area contributed by atoms with Gasteiger partial charge in [-0.15, -0.1) is 0 Å². The van der Waals surface area contributed by atoms with Crippen molar-refractivity contribution in [2.24, 2.45) is 5.92 Å². The number of benzene rings is 1. The van der Waals surface area contributed by atoms with Gasteiger partial charge in [0.25, 0.3) is 0 Å². The molecule has 0 bridgehead atoms. The lowest BCUT2D eigenvalue weighted by atomic mass is 9.99. The number of halogens is 1. The molecule has 1 aromatic carbocycles. The fourth-order valence-electron chi connectivity index (χ4n) is 3.70. The lowest BCUT2D eigenvalue weighted by molar-refractivity contribution is -0.122. The summed E-state index contributed by atoms with van der Waals surface area (Å²) in [5, 5.41) is 2.96. The molecule has 0 radical (unpaired) electrons. The summed E-state index contributed by atoms with van der Waals surface area (Å²) < 4.78 is 18.4. The van der Waals surface area contributed by atoms with E-state index in [2.05, 4.69) is 20.1 Å². The number of carbonyl (C=O) groups excluding carboxylic acids is 1. The zero-order valence-corrected chi connectivity index (χ0v) is 15.8. The standard InChI is InChI=1S/C21H25FN4O2/c22-17-1-4-19(5-2-17)25-9-11-26(12-10-25)20-6-3-18(15-23-20)24-21(27)16-7-13-28-14-8-16/h1-6,15-16H,7-14H2,(H,24,27). The second kappa shape index (κ2) is 8.56. The van der Waals surface area contributed by atoms with Crippen molar-refractivity contribution < 1.29 is 13.9 Å². The number of piperazine rings is 1. The van der Waals surface area contributed by atoms with E-state index in [1.165, 1.54) is 12.1 Å². The number of rotatable bonds is 4. The summed E-state index contributed by atoms with van der Waals surface area (Å²) in [6.45, 7) is 4.71. The van der Waals surface area contributed by atoms with E-state index < -0.39 is 0 Å². The van der Waals surface area contributed by atoms with Gasteiger partial charge < -0.3 is 19.9 Å². The Morgan fingerprint density at radius 3 is 2.32 bits per heavy atom. The highest BCUT2D eigenvalue weighted by Gasteiger charge is 2.22. The lowest BCUT2D eigenvalue weighted by Crippen LogP contribution is -2.46. The number of nitrogens with zero attached hydrogens (tertiary/aromatic N) is 3. The van der Waals surface area contributed by atoms with Gasteiger partial charge >= 0.3 is 0 Å². The van der Waals surface area contributed by atoms with E-state index in [0.717, 1.165) is 56.2 Å². The van der Waals surface area contributed by atoms with Crippen LogP contribution in [0.25, 0.3) is 0 Å². The molecule has 0 spiro atoms. The maximum absolute atomic E-state index is 13.1. The van der Waals surface area contributed by atoms with Crippen molar-refractivity contribution >= 4 is 23.1 Å². The van der Waals surface area contributed by atoms with Crippen molar-refractivity contribution in [1.82, 2.24) is 4.98 Å². The first-order chi connectivity index (χ1) is 13.7. The number of carbonyl (C=O) groups is 1. The monoisotopic (exact) mass is 384 g/mol. The Balaban J connectivity index is 1.30. The van der Waals surface area contributed by atoms with Crippen LogP contribution in [0.4, 0.5) is 21.6 Å². The summed E-state index contributed by atoms with van der Waals surface area (Å²) in [6, 6.07) is 10.5. The van der Waals surface area contributed by atoms with E-state index in [1.807, 2.05) is 24.3 Å². The van der Waals surface area contributed by atoms with E-state index in [1.54, 1.807) is 6.20 Å². The second-order valence-electron chi connectivity index (χ2n) is 7.23. The molecule has 0 unspecified atom stereocenters. The first kappa shape index (κ1) is 18.7. The van der Waals surface area contributed by atoms with Crippen molar-refractivity contribution in [3.8, 4) is 0 Å². The van der Waals surface area contributed by atoms with Gasteiger partial charge in [-0.3, -0.25) is 4.79 Å². The van der Waals surface area contributed by atoms with Crippen LogP contribution in [0.3, 0.4) is 0 Å².